The molecule has 270 valence electrons. The normalized spacial score (nSPS) is 12.8. The number of anilines is 1. The number of fused-ring (bicyclic) bond motifs is 1. The van der Waals surface area contributed by atoms with Gasteiger partial charge >= 0.3 is 11.8 Å². The standard InChI is InChI=1S/C10H21NO.C8H11N3OS.C7H6ClN3O2.C7H8O3S/c1-6-9(7-8(2)3)10(12)11(4)5;1-11-3-2-5-6(4-11)13-8(10-5)7(9)12;8-4-1-2-5(10-3-4)11-7(13)6(9)12;1-6-2-4-7(5-3-6)11(8,9)10/h8-9H,6-7H2,1-5H3;2-4H2,1H3,(H2,9,12);1-3H,(H2,9,12)(H,10,11,13);2-5H,1H3,(H,8,9,10). The molecule has 1 aliphatic heterocycles. The molecule has 2 aromatic heterocycles. The van der Waals surface area contributed by atoms with E-state index in [0.29, 0.717) is 15.9 Å². The van der Waals surface area contributed by atoms with E-state index in [9.17, 15) is 27.6 Å². The average Bonchev–Trinajstić information content (AvgIpc) is 3.45. The molecule has 14 nitrogen and oxygen atoms in total. The molecule has 1 unspecified atom stereocenters. The number of thiazole rings is 1. The van der Waals surface area contributed by atoms with Crippen molar-refractivity contribution in [2.75, 3.05) is 33.0 Å². The first-order chi connectivity index (χ1) is 22.7. The number of rotatable bonds is 7. The van der Waals surface area contributed by atoms with Gasteiger partial charge in [-0.1, -0.05) is 50.1 Å². The summed E-state index contributed by atoms with van der Waals surface area (Å²) in [7, 11) is 1.69. The van der Waals surface area contributed by atoms with Gasteiger partial charge in [-0.15, -0.1) is 11.3 Å². The number of amides is 4. The predicted molar refractivity (Wildman–Crippen MR) is 191 cm³/mol. The minimum absolute atomic E-state index is 0.0666. The highest BCUT2D eigenvalue weighted by Gasteiger charge is 2.20. The van der Waals surface area contributed by atoms with Crippen molar-refractivity contribution in [2.45, 2.75) is 58.4 Å². The molecule has 6 N–H and O–H groups in total. The van der Waals surface area contributed by atoms with Gasteiger partial charge in [-0.2, -0.15) is 8.42 Å². The van der Waals surface area contributed by atoms with E-state index in [2.05, 4.69) is 48.0 Å². The number of primary amides is 2. The fourth-order valence-corrected chi connectivity index (χ4v) is 5.77. The van der Waals surface area contributed by atoms with Crippen LogP contribution in [0.3, 0.4) is 0 Å². The van der Waals surface area contributed by atoms with E-state index in [1.165, 1.54) is 46.7 Å². The van der Waals surface area contributed by atoms with Crippen LogP contribution in [0, 0.1) is 18.8 Å². The van der Waals surface area contributed by atoms with Crippen molar-refractivity contribution in [3.05, 3.63) is 68.8 Å². The van der Waals surface area contributed by atoms with E-state index in [4.69, 9.17) is 27.6 Å². The molecule has 0 saturated carbocycles. The quantitative estimate of drug-likeness (QED) is 0.203. The minimum atomic E-state index is -4.02. The lowest BCUT2D eigenvalue weighted by molar-refractivity contribution is -0.134. The third-order valence-corrected chi connectivity index (χ3v) is 8.87. The van der Waals surface area contributed by atoms with Gasteiger partial charge in [-0.05, 0) is 57.0 Å². The van der Waals surface area contributed by atoms with Crippen LogP contribution in [0.4, 0.5) is 5.82 Å². The van der Waals surface area contributed by atoms with Crippen molar-refractivity contribution in [3.8, 4) is 0 Å². The van der Waals surface area contributed by atoms with Crippen LogP contribution in [0.5, 0.6) is 0 Å². The van der Waals surface area contributed by atoms with Crippen LogP contribution in [0.1, 0.15) is 59.5 Å². The molecule has 0 saturated heterocycles. The molecule has 0 aliphatic carbocycles. The van der Waals surface area contributed by atoms with Crippen molar-refractivity contribution in [1.82, 2.24) is 19.8 Å². The Morgan fingerprint density at radius 1 is 1.10 bits per heavy atom. The number of hydrogen-bond acceptors (Lipinski definition) is 10. The predicted octanol–water partition coefficient (Wildman–Crippen LogP) is 3.78. The number of hydrogen-bond donors (Lipinski definition) is 4. The van der Waals surface area contributed by atoms with Gasteiger partial charge in [0.2, 0.25) is 5.91 Å². The molecule has 1 aromatic carbocycles. The second-order valence-electron chi connectivity index (χ2n) is 11.7. The maximum absolute atomic E-state index is 11.5. The Balaban J connectivity index is 0.000000328. The maximum atomic E-state index is 11.5. The number of likely N-dealkylation sites (N-methyl/N-ethyl adjacent to an activating group) is 1. The van der Waals surface area contributed by atoms with E-state index in [-0.39, 0.29) is 22.5 Å². The Morgan fingerprint density at radius 3 is 2.16 bits per heavy atom. The molecule has 3 heterocycles. The van der Waals surface area contributed by atoms with Crippen LogP contribution < -0.4 is 16.8 Å². The number of nitrogens with two attached hydrogens (primary N) is 2. The fourth-order valence-electron chi connectivity index (χ4n) is 4.14. The number of aromatic nitrogens is 2. The van der Waals surface area contributed by atoms with Crippen molar-refractivity contribution in [1.29, 1.82) is 0 Å². The number of nitrogens with zero attached hydrogens (tertiary/aromatic N) is 4. The molecular formula is C32H46ClN7O7S2. The summed E-state index contributed by atoms with van der Waals surface area (Å²) >= 11 is 6.96. The largest absolute Gasteiger partial charge is 0.364 e. The molecule has 1 atom stereocenters. The third kappa shape index (κ3) is 16.3. The van der Waals surface area contributed by atoms with Crippen molar-refractivity contribution in [3.63, 3.8) is 0 Å². The number of nitrogens with one attached hydrogen (secondary N) is 1. The Labute approximate surface area is 297 Å². The van der Waals surface area contributed by atoms with Gasteiger partial charge in [0.1, 0.15) is 5.82 Å². The van der Waals surface area contributed by atoms with Gasteiger partial charge in [0.15, 0.2) is 5.01 Å². The molecule has 0 spiro atoms. The molecule has 4 amide bonds. The molecule has 1 aliphatic rings. The number of benzene rings is 1. The SMILES string of the molecule is CCC(CC(C)C)C(=O)N(C)C.CN1CCc2nc(C(N)=O)sc2C1.Cc1ccc(S(=O)(=O)O)cc1.NC(=O)C(=O)Nc1ccc(Cl)cn1. The first-order valence-electron chi connectivity index (χ1n) is 15.2. The maximum Gasteiger partial charge on any atom is 0.314 e. The smallest absolute Gasteiger partial charge is 0.314 e. The molecule has 0 radical (unpaired) electrons. The molecule has 0 fully saturated rings. The van der Waals surface area contributed by atoms with E-state index < -0.39 is 27.8 Å². The summed E-state index contributed by atoms with van der Waals surface area (Å²) in [6.07, 6.45) is 4.23. The van der Waals surface area contributed by atoms with E-state index in [1.54, 1.807) is 17.0 Å². The number of aryl methyl sites for hydroxylation is 1. The molecule has 17 heteroatoms. The van der Waals surface area contributed by atoms with Crippen LogP contribution in [-0.2, 0) is 37.5 Å². The third-order valence-electron chi connectivity index (χ3n) is 6.68. The first kappa shape index (κ1) is 43.1. The van der Waals surface area contributed by atoms with Gasteiger partial charge < -0.3 is 26.6 Å². The zero-order valence-corrected chi connectivity index (χ0v) is 31.2. The summed E-state index contributed by atoms with van der Waals surface area (Å²) < 4.78 is 29.6. The topological polar surface area (TPSA) is 219 Å². The number of pyridine rings is 1. The lowest BCUT2D eigenvalue weighted by atomic mass is 9.94. The molecule has 0 bridgehead atoms. The Morgan fingerprint density at radius 2 is 1.71 bits per heavy atom. The van der Waals surface area contributed by atoms with E-state index in [1.807, 2.05) is 21.0 Å². The summed E-state index contributed by atoms with van der Waals surface area (Å²) in [5.74, 6) is -1.05. The monoisotopic (exact) mass is 739 g/mol. The van der Waals surface area contributed by atoms with Crippen molar-refractivity contribution in [2.24, 2.45) is 23.3 Å². The zero-order valence-electron chi connectivity index (χ0n) is 28.8. The molecule has 4 rings (SSSR count). The Hall–Kier alpha value is -3.96. The fraction of sp³-hybridized carbons (Fsp3) is 0.438. The van der Waals surface area contributed by atoms with Crippen LogP contribution in [0.2, 0.25) is 5.02 Å². The molecule has 3 aromatic rings. The van der Waals surface area contributed by atoms with Gasteiger partial charge in [-0.3, -0.25) is 23.7 Å². The summed E-state index contributed by atoms with van der Waals surface area (Å²) in [4.78, 5) is 56.4. The van der Waals surface area contributed by atoms with Gasteiger partial charge in [-0.25, -0.2) is 9.97 Å². The van der Waals surface area contributed by atoms with E-state index in [0.717, 1.165) is 43.6 Å². The lowest BCUT2D eigenvalue weighted by Crippen LogP contribution is -2.30. The Kier molecular flexibility index (Phi) is 18.0. The summed E-state index contributed by atoms with van der Waals surface area (Å²) in [6.45, 7) is 10.1. The van der Waals surface area contributed by atoms with Crippen molar-refractivity contribution >= 4 is 62.5 Å². The van der Waals surface area contributed by atoms with Crippen LogP contribution >= 0.6 is 22.9 Å². The summed E-state index contributed by atoms with van der Waals surface area (Å²) in [5, 5.41) is 3.07. The second-order valence-corrected chi connectivity index (χ2v) is 14.6. The van der Waals surface area contributed by atoms with Gasteiger partial charge in [0, 0.05) is 50.6 Å². The van der Waals surface area contributed by atoms with Crippen LogP contribution in [0.15, 0.2) is 47.5 Å². The highest BCUT2D eigenvalue weighted by Crippen LogP contribution is 2.24. The molecule has 49 heavy (non-hydrogen) atoms. The van der Waals surface area contributed by atoms with Crippen LogP contribution in [0.25, 0.3) is 0 Å². The van der Waals surface area contributed by atoms with Crippen LogP contribution in [-0.4, -0.2) is 84.1 Å². The lowest BCUT2D eigenvalue weighted by Gasteiger charge is -2.20. The summed E-state index contributed by atoms with van der Waals surface area (Å²) in [6, 6.07) is 8.98. The number of halogens is 1. The second kappa shape index (κ2) is 20.5. The first-order valence-corrected chi connectivity index (χ1v) is 17.8. The Bertz CT molecular complexity index is 1650. The summed E-state index contributed by atoms with van der Waals surface area (Å²) in [5.41, 5.74) is 11.9. The highest BCUT2D eigenvalue weighted by atomic mass is 35.5. The number of carbonyl (C=O) groups is 4. The molecular weight excluding hydrogens is 694 g/mol. The van der Waals surface area contributed by atoms with Crippen molar-refractivity contribution < 1.29 is 32.1 Å². The van der Waals surface area contributed by atoms with Gasteiger partial charge in [0.25, 0.3) is 16.0 Å². The minimum Gasteiger partial charge on any atom is -0.364 e. The van der Waals surface area contributed by atoms with E-state index >= 15 is 0 Å². The average molecular weight is 740 g/mol. The highest BCUT2D eigenvalue weighted by molar-refractivity contribution is 7.85. The van der Waals surface area contributed by atoms with Gasteiger partial charge in [0.05, 0.1) is 15.6 Å². The number of carbonyl (C=O) groups excluding carboxylic acids is 4. The zero-order chi connectivity index (χ0) is 37.5.